The number of hydrogen-bond donors (Lipinski definition) is 0. The van der Waals surface area contributed by atoms with Crippen LogP contribution in [0.25, 0.3) is 17.0 Å². The minimum absolute atomic E-state index is 0.0229. The van der Waals surface area contributed by atoms with Crippen LogP contribution in [0.3, 0.4) is 0 Å². The summed E-state index contributed by atoms with van der Waals surface area (Å²) in [5, 5.41) is -0.134. The highest BCUT2D eigenvalue weighted by atomic mass is 32.2. The zero-order chi connectivity index (χ0) is 23.2. The Morgan fingerprint density at radius 1 is 1.29 bits per heavy atom. The van der Waals surface area contributed by atoms with E-state index < -0.39 is 45.1 Å². The maximum atomic E-state index is 12.9. The molecule has 0 amide bonds. The molecule has 0 saturated heterocycles. The number of carbonyl (C=O) groups is 1. The molecule has 2 aromatic rings. The molecule has 0 radical (unpaired) electrons. The van der Waals surface area contributed by atoms with Gasteiger partial charge in [-0.05, 0) is 32.9 Å². The van der Waals surface area contributed by atoms with Crippen LogP contribution >= 0.6 is 0 Å². The zero-order valence-corrected chi connectivity index (χ0v) is 17.3. The van der Waals surface area contributed by atoms with Crippen LogP contribution in [0.15, 0.2) is 23.3 Å². The van der Waals surface area contributed by atoms with Crippen LogP contribution in [0.2, 0.25) is 0 Å². The summed E-state index contributed by atoms with van der Waals surface area (Å²) in [5.74, 6) is -1.46. The smallest absolute Gasteiger partial charge is 0.488 e. The van der Waals surface area contributed by atoms with Crippen molar-refractivity contribution in [1.29, 1.82) is 0 Å². The summed E-state index contributed by atoms with van der Waals surface area (Å²) in [4.78, 5) is 28.8. The number of hydrogen-bond acceptors (Lipinski definition) is 8. The lowest BCUT2D eigenvalue weighted by atomic mass is 9.98. The van der Waals surface area contributed by atoms with E-state index in [1.807, 2.05) is 0 Å². The fraction of sp³-hybridized carbons (Fsp3) is 0.389. The van der Waals surface area contributed by atoms with E-state index in [2.05, 4.69) is 9.17 Å². The number of carbonyl (C=O) groups excluding carboxylic acids is 1. The van der Waals surface area contributed by atoms with Crippen LogP contribution in [0.4, 0.5) is 13.2 Å². The second-order valence-corrected chi connectivity index (χ2v) is 9.08. The van der Waals surface area contributed by atoms with Crippen molar-refractivity contribution in [3.8, 4) is 11.5 Å². The van der Waals surface area contributed by atoms with Gasteiger partial charge in [0, 0.05) is 6.07 Å². The predicted molar refractivity (Wildman–Crippen MR) is 102 cm³/mol. The molecule has 168 valence electrons. The van der Waals surface area contributed by atoms with Crippen LogP contribution in [0.5, 0.6) is 11.5 Å². The van der Waals surface area contributed by atoms with E-state index in [0.717, 1.165) is 17.0 Å². The van der Waals surface area contributed by atoms with Gasteiger partial charge in [0.2, 0.25) is 0 Å². The van der Waals surface area contributed by atoms with Gasteiger partial charge in [-0.15, -0.1) is 0 Å². The van der Waals surface area contributed by atoms with Crippen molar-refractivity contribution >= 4 is 33.1 Å². The number of fused-ring (bicyclic) bond motifs is 3. The Morgan fingerprint density at radius 2 is 1.97 bits per heavy atom. The Balaban J connectivity index is 2.10. The van der Waals surface area contributed by atoms with E-state index in [0.29, 0.717) is 0 Å². The standard InChI is InChI=1S/C18H17F3N2O7S/c1-17(2,3)16(25)29-9-23-8-22-11-7-12(30-31(26,27)18(19,20)21)10-5-4-6-28-14(10)13(11)15(23)24/h4-5,7-8H,6,9H2,1-3H3. The van der Waals surface area contributed by atoms with Crippen LogP contribution in [-0.4, -0.2) is 36.1 Å². The Labute approximate surface area is 174 Å². The lowest BCUT2D eigenvalue weighted by molar-refractivity contribution is -0.157. The summed E-state index contributed by atoms with van der Waals surface area (Å²) in [6.07, 6.45) is 3.69. The highest BCUT2D eigenvalue weighted by Gasteiger charge is 2.49. The number of halogens is 3. The molecular weight excluding hydrogens is 445 g/mol. The number of rotatable bonds is 4. The minimum atomic E-state index is -5.96. The van der Waals surface area contributed by atoms with E-state index in [1.165, 1.54) is 12.2 Å². The van der Waals surface area contributed by atoms with Gasteiger partial charge in [0.1, 0.15) is 24.1 Å². The van der Waals surface area contributed by atoms with Crippen LogP contribution < -0.4 is 14.5 Å². The molecule has 1 aliphatic rings. The average Bonchev–Trinajstić information content (AvgIpc) is 2.65. The summed E-state index contributed by atoms with van der Waals surface area (Å²) < 4.78 is 76.8. The van der Waals surface area contributed by atoms with Gasteiger partial charge in [-0.25, -0.2) is 4.98 Å². The number of benzene rings is 1. The maximum Gasteiger partial charge on any atom is 0.534 e. The fourth-order valence-corrected chi connectivity index (χ4v) is 3.02. The Bertz CT molecular complexity index is 1240. The molecule has 0 spiro atoms. The molecule has 0 N–H and O–H groups in total. The van der Waals surface area contributed by atoms with Gasteiger partial charge in [-0.2, -0.15) is 21.6 Å². The molecule has 1 aromatic carbocycles. The summed E-state index contributed by atoms with van der Waals surface area (Å²) >= 11 is 0. The van der Waals surface area contributed by atoms with Crippen LogP contribution in [-0.2, 0) is 26.4 Å². The Morgan fingerprint density at radius 3 is 2.58 bits per heavy atom. The quantitative estimate of drug-likeness (QED) is 0.387. The van der Waals surface area contributed by atoms with Crippen molar-refractivity contribution < 1.29 is 40.0 Å². The van der Waals surface area contributed by atoms with Crippen LogP contribution in [0.1, 0.15) is 26.3 Å². The molecule has 1 aromatic heterocycles. The molecule has 9 nitrogen and oxygen atoms in total. The molecule has 31 heavy (non-hydrogen) atoms. The third-order valence-electron chi connectivity index (χ3n) is 4.11. The molecule has 0 bridgehead atoms. The molecule has 0 fully saturated rings. The Kier molecular flexibility index (Phi) is 5.50. The number of esters is 1. The molecule has 0 atom stereocenters. The van der Waals surface area contributed by atoms with Gasteiger partial charge in [-0.3, -0.25) is 14.2 Å². The van der Waals surface area contributed by atoms with Gasteiger partial charge in [0.25, 0.3) is 5.56 Å². The summed E-state index contributed by atoms with van der Waals surface area (Å²) in [6, 6.07) is 0.892. The molecule has 0 saturated carbocycles. The lowest BCUT2D eigenvalue weighted by Gasteiger charge is -2.20. The lowest BCUT2D eigenvalue weighted by Crippen LogP contribution is -2.29. The van der Waals surface area contributed by atoms with E-state index in [9.17, 15) is 31.2 Å². The van der Waals surface area contributed by atoms with E-state index in [-0.39, 0.29) is 28.8 Å². The molecular formula is C18H17F3N2O7S. The van der Waals surface area contributed by atoms with Crippen molar-refractivity contribution in [2.24, 2.45) is 5.41 Å². The second-order valence-electron chi connectivity index (χ2n) is 7.54. The first-order valence-electron chi connectivity index (χ1n) is 8.76. The number of ether oxygens (including phenoxy) is 2. The molecule has 0 aliphatic carbocycles. The molecule has 3 rings (SSSR count). The molecule has 2 heterocycles. The largest absolute Gasteiger partial charge is 0.534 e. The molecule has 0 unspecified atom stereocenters. The number of aromatic nitrogens is 2. The summed E-state index contributed by atoms with van der Waals surface area (Å²) in [5.41, 5.74) is -7.50. The predicted octanol–water partition coefficient (Wildman–Crippen LogP) is 2.58. The van der Waals surface area contributed by atoms with Crippen LogP contribution in [0, 0.1) is 5.41 Å². The fourth-order valence-electron chi connectivity index (χ4n) is 2.55. The molecule has 1 aliphatic heterocycles. The second kappa shape index (κ2) is 7.55. The van der Waals surface area contributed by atoms with Crippen molar-refractivity contribution in [2.75, 3.05) is 6.61 Å². The number of nitrogens with zero attached hydrogens (tertiary/aromatic N) is 2. The van der Waals surface area contributed by atoms with Gasteiger partial charge < -0.3 is 13.7 Å². The van der Waals surface area contributed by atoms with Crippen molar-refractivity contribution in [2.45, 2.75) is 33.0 Å². The van der Waals surface area contributed by atoms with E-state index in [4.69, 9.17) is 9.47 Å². The van der Waals surface area contributed by atoms with Gasteiger partial charge in [0.05, 0.1) is 16.5 Å². The summed E-state index contributed by atoms with van der Waals surface area (Å²) in [6.45, 7) is 4.41. The average molecular weight is 462 g/mol. The summed E-state index contributed by atoms with van der Waals surface area (Å²) in [7, 11) is -5.96. The third kappa shape index (κ3) is 4.36. The van der Waals surface area contributed by atoms with Crippen molar-refractivity contribution in [3.63, 3.8) is 0 Å². The first kappa shape index (κ1) is 22.6. The minimum Gasteiger partial charge on any atom is -0.488 e. The van der Waals surface area contributed by atoms with Gasteiger partial charge >= 0.3 is 21.6 Å². The highest BCUT2D eigenvalue weighted by molar-refractivity contribution is 7.88. The normalized spacial score (nSPS) is 14.1. The monoisotopic (exact) mass is 462 g/mol. The first-order valence-corrected chi connectivity index (χ1v) is 10.2. The third-order valence-corrected chi connectivity index (χ3v) is 5.08. The zero-order valence-electron chi connectivity index (χ0n) is 16.5. The maximum absolute atomic E-state index is 12.9. The first-order chi connectivity index (χ1) is 14.2. The van der Waals surface area contributed by atoms with Gasteiger partial charge in [0.15, 0.2) is 12.5 Å². The van der Waals surface area contributed by atoms with Gasteiger partial charge in [-0.1, -0.05) is 0 Å². The van der Waals surface area contributed by atoms with Crippen molar-refractivity contribution in [3.05, 3.63) is 34.4 Å². The number of alkyl halides is 3. The topological polar surface area (TPSA) is 114 Å². The molecule has 13 heteroatoms. The SMILES string of the molecule is CC(C)(C)C(=O)OCn1cnc2cc(OS(=O)(=O)C(F)(F)F)c3c(c2c1=O)OCC=C3. The van der Waals surface area contributed by atoms with Crippen molar-refractivity contribution in [1.82, 2.24) is 9.55 Å². The van der Waals surface area contributed by atoms with E-state index in [1.54, 1.807) is 20.8 Å². The highest BCUT2D eigenvalue weighted by Crippen LogP contribution is 2.39. The Hall–Kier alpha value is -3.09. The van der Waals surface area contributed by atoms with E-state index >= 15 is 0 Å².